The van der Waals surface area contributed by atoms with Crippen molar-refractivity contribution >= 4 is 45.1 Å². The number of benzene rings is 1. The van der Waals surface area contributed by atoms with Crippen molar-refractivity contribution in [3.05, 3.63) is 37.8 Å². The molecule has 1 aromatic heterocycles. The second kappa shape index (κ2) is 3.84. The van der Waals surface area contributed by atoms with Crippen LogP contribution in [0.2, 0.25) is 0 Å². The van der Waals surface area contributed by atoms with Crippen molar-refractivity contribution in [2.45, 2.75) is 0 Å². The van der Waals surface area contributed by atoms with Crippen LogP contribution in [-0.2, 0) is 0 Å². The Morgan fingerprint density at radius 2 is 2.19 bits per heavy atom. The fraction of sp³-hybridized carbons (Fsp3) is 0. The van der Waals surface area contributed by atoms with E-state index in [1.54, 1.807) is 18.2 Å². The topological polar surface area (TPSA) is 75.1 Å². The van der Waals surface area contributed by atoms with E-state index in [9.17, 15) is 9.59 Å². The number of carboxylic acid groups (broad SMARTS) is 1. The van der Waals surface area contributed by atoms with Gasteiger partial charge in [0.05, 0.1) is 10.9 Å². The summed E-state index contributed by atoms with van der Waals surface area (Å²) < 4.78 is 1.07. The Kier molecular flexibility index (Phi) is 2.64. The van der Waals surface area contributed by atoms with E-state index in [0.717, 1.165) is 0 Å². The first-order valence-corrected chi connectivity index (χ1v) is 5.39. The van der Waals surface area contributed by atoms with E-state index in [1.807, 2.05) is 0 Å². The van der Waals surface area contributed by atoms with Crippen molar-refractivity contribution in [1.82, 2.24) is 9.55 Å². The maximum Gasteiger partial charge on any atom is 0.420 e. The molecule has 2 N–H and O–H groups in total. The lowest BCUT2D eigenvalue weighted by atomic mass is 10.2. The minimum Gasteiger partial charge on any atom is -0.464 e. The lowest BCUT2D eigenvalue weighted by Gasteiger charge is -2.02. The molecule has 2 aromatic rings. The number of nitrogens with zero attached hydrogens (tertiary/aromatic N) is 1. The molecule has 0 fully saturated rings. The van der Waals surface area contributed by atoms with Gasteiger partial charge in [-0.2, -0.15) is 4.57 Å². The minimum absolute atomic E-state index is 0.132. The van der Waals surface area contributed by atoms with Gasteiger partial charge in [-0.3, -0.25) is 4.79 Å². The first kappa shape index (κ1) is 11.0. The van der Waals surface area contributed by atoms with Crippen LogP contribution in [0.4, 0.5) is 4.79 Å². The van der Waals surface area contributed by atoms with Crippen molar-refractivity contribution in [1.29, 1.82) is 0 Å². The number of aromatic amines is 1. The van der Waals surface area contributed by atoms with E-state index in [4.69, 9.17) is 17.3 Å². The summed E-state index contributed by atoms with van der Waals surface area (Å²) in [6.07, 6.45) is -1.40. The summed E-state index contributed by atoms with van der Waals surface area (Å²) in [5.41, 5.74) is -0.136. The second-order valence-corrected chi connectivity index (χ2v) is 4.35. The molecule has 0 spiro atoms. The van der Waals surface area contributed by atoms with Crippen LogP contribution < -0.4 is 5.56 Å². The fourth-order valence-corrected chi connectivity index (χ4v) is 1.99. The van der Waals surface area contributed by atoms with Gasteiger partial charge in [0.15, 0.2) is 4.77 Å². The normalized spacial score (nSPS) is 10.6. The van der Waals surface area contributed by atoms with E-state index in [0.29, 0.717) is 14.6 Å². The Labute approximate surface area is 102 Å². The first-order valence-electron chi connectivity index (χ1n) is 4.18. The zero-order chi connectivity index (χ0) is 11.9. The predicted octanol–water partition coefficient (Wildman–Crippen LogP) is 2.35. The van der Waals surface area contributed by atoms with Crippen LogP contribution in [0.1, 0.15) is 0 Å². The molecule has 0 saturated heterocycles. The van der Waals surface area contributed by atoms with Crippen LogP contribution in [0.25, 0.3) is 10.9 Å². The molecule has 0 saturated carbocycles. The molecule has 0 aliphatic carbocycles. The highest BCUT2D eigenvalue weighted by Crippen LogP contribution is 2.15. The molecule has 0 amide bonds. The van der Waals surface area contributed by atoms with Gasteiger partial charge in [-0.1, -0.05) is 15.9 Å². The zero-order valence-electron chi connectivity index (χ0n) is 7.73. The molecule has 1 aromatic carbocycles. The number of aromatic nitrogens is 2. The highest BCUT2D eigenvalue weighted by atomic mass is 79.9. The molecule has 1 heterocycles. The molecule has 2 rings (SSSR count). The van der Waals surface area contributed by atoms with Crippen molar-refractivity contribution in [2.75, 3.05) is 0 Å². The fourth-order valence-electron chi connectivity index (χ4n) is 1.36. The maximum absolute atomic E-state index is 11.8. The molecule has 0 atom stereocenters. The van der Waals surface area contributed by atoms with Gasteiger partial charge in [0.1, 0.15) is 0 Å². The Balaban J connectivity index is 3.03. The zero-order valence-corrected chi connectivity index (χ0v) is 10.1. The summed E-state index contributed by atoms with van der Waals surface area (Å²) in [7, 11) is 0. The lowest BCUT2D eigenvalue weighted by molar-refractivity contribution is 0.194. The molecule has 5 nitrogen and oxygen atoms in total. The minimum atomic E-state index is -1.40. The third-order valence-electron chi connectivity index (χ3n) is 2.05. The van der Waals surface area contributed by atoms with Crippen LogP contribution in [0.15, 0.2) is 27.5 Å². The van der Waals surface area contributed by atoms with Crippen LogP contribution in [0.5, 0.6) is 0 Å². The van der Waals surface area contributed by atoms with Gasteiger partial charge < -0.3 is 10.1 Å². The Hall–Kier alpha value is -1.47. The molecule has 0 radical (unpaired) electrons. The summed E-state index contributed by atoms with van der Waals surface area (Å²) >= 11 is 8.00. The average molecular weight is 301 g/mol. The molecular weight excluding hydrogens is 296 g/mol. The molecule has 16 heavy (non-hydrogen) atoms. The van der Waals surface area contributed by atoms with Crippen molar-refractivity contribution in [3.63, 3.8) is 0 Å². The quantitative estimate of drug-likeness (QED) is 0.732. The van der Waals surface area contributed by atoms with Gasteiger partial charge in [0.25, 0.3) is 5.56 Å². The summed E-state index contributed by atoms with van der Waals surface area (Å²) in [4.78, 5) is 25.3. The number of carbonyl (C=O) groups is 1. The molecule has 0 bridgehead atoms. The lowest BCUT2D eigenvalue weighted by Crippen LogP contribution is -2.27. The first-order chi connectivity index (χ1) is 7.50. The number of hydrogen-bond donors (Lipinski definition) is 2. The van der Waals surface area contributed by atoms with Gasteiger partial charge in [0, 0.05) is 4.47 Å². The Morgan fingerprint density at radius 1 is 1.50 bits per heavy atom. The van der Waals surface area contributed by atoms with Crippen molar-refractivity contribution in [2.24, 2.45) is 0 Å². The molecule has 0 unspecified atom stereocenters. The summed E-state index contributed by atoms with van der Waals surface area (Å²) in [6.45, 7) is 0. The van der Waals surface area contributed by atoms with E-state index in [2.05, 4.69) is 20.9 Å². The highest BCUT2D eigenvalue weighted by molar-refractivity contribution is 9.10. The van der Waals surface area contributed by atoms with Crippen molar-refractivity contribution in [3.8, 4) is 0 Å². The van der Waals surface area contributed by atoms with Crippen LogP contribution in [0.3, 0.4) is 0 Å². The molecule has 0 aliphatic rings. The smallest absolute Gasteiger partial charge is 0.420 e. The number of hydrogen-bond acceptors (Lipinski definition) is 3. The van der Waals surface area contributed by atoms with Crippen LogP contribution in [-0.4, -0.2) is 20.8 Å². The van der Waals surface area contributed by atoms with E-state index in [-0.39, 0.29) is 10.2 Å². The number of nitrogens with one attached hydrogen (secondary N) is 1. The number of fused-ring (bicyclic) bond motifs is 1. The molecule has 0 aliphatic heterocycles. The summed E-state index contributed by atoms with van der Waals surface area (Å²) in [6, 6.07) is 4.93. The van der Waals surface area contributed by atoms with Gasteiger partial charge in [-0.05, 0) is 30.4 Å². The van der Waals surface area contributed by atoms with Crippen LogP contribution >= 0.6 is 28.1 Å². The largest absolute Gasteiger partial charge is 0.464 e. The van der Waals surface area contributed by atoms with E-state index in [1.165, 1.54) is 0 Å². The SMILES string of the molecule is O=C(O)n1c(=S)[nH]c2ccc(Br)cc2c1=O. The van der Waals surface area contributed by atoms with E-state index < -0.39 is 11.7 Å². The Bertz CT molecular complexity index is 704. The Morgan fingerprint density at radius 3 is 2.81 bits per heavy atom. The standard InChI is InChI=1S/C9H5BrN2O3S/c10-4-1-2-6-5(3-4)7(13)12(9(14)15)8(16)11-6/h1-3H,(H,11,16)(H,14,15). The van der Waals surface area contributed by atoms with Gasteiger partial charge in [-0.25, -0.2) is 4.79 Å². The third kappa shape index (κ3) is 1.68. The predicted molar refractivity (Wildman–Crippen MR) is 64.5 cm³/mol. The second-order valence-electron chi connectivity index (χ2n) is 3.04. The third-order valence-corrected chi connectivity index (χ3v) is 2.83. The molecule has 7 heteroatoms. The van der Waals surface area contributed by atoms with Crippen LogP contribution in [0, 0.1) is 4.77 Å². The monoisotopic (exact) mass is 300 g/mol. The van der Waals surface area contributed by atoms with Gasteiger partial charge in [-0.15, -0.1) is 0 Å². The van der Waals surface area contributed by atoms with Gasteiger partial charge >= 0.3 is 6.09 Å². The molecular formula is C9H5BrN2O3S. The molecule has 82 valence electrons. The summed E-state index contributed by atoms with van der Waals surface area (Å²) in [5.74, 6) is 0. The maximum atomic E-state index is 11.8. The van der Waals surface area contributed by atoms with E-state index >= 15 is 0 Å². The average Bonchev–Trinajstić information content (AvgIpc) is 2.19. The summed E-state index contributed by atoms with van der Waals surface area (Å²) in [5, 5.41) is 9.11. The number of H-pyrrole nitrogens is 1. The van der Waals surface area contributed by atoms with Crippen molar-refractivity contribution < 1.29 is 9.90 Å². The highest BCUT2D eigenvalue weighted by Gasteiger charge is 2.10. The number of rotatable bonds is 0. The number of halogens is 1. The van der Waals surface area contributed by atoms with Gasteiger partial charge in [0.2, 0.25) is 0 Å².